The second kappa shape index (κ2) is 25.8. The lowest BCUT2D eigenvalue weighted by atomic mass is 9.30. The number of fused-ring (bicyclic) bond motifs is 18. The summed E-state index contributed by atoms with van der Waals surface area (Å²) >= 11 is 0. The van der Waals surface area contributed by atoms with Crippen LogP contribution in [0.4, 0.5) is 51.2 Å². The Morgan fingerprint density at radius 1 is 0.239 bits per heavy atom. The molecular weight excluding hydrogens is 1410 g/mol. The van der Waals surface area contributed by atoms with Crippen molar-refractivity contribution in [1.29, 1.82) is 0 Å². The van der Waals surface area contributed by atoms with Gasteiger partial charge in [0.2, 0.25) is 0 Å². The first-order valence-corrected chi connectivity index (χ1v) is 42.1. The summed E-state index contributed by atoms with van der Waals surface area (Å²) in [5.74, 6) is 1.69. The molecule has 0 atom stereocenters. The van der Waals surface area contributed by atoms with Crippen LogP contribution >= 0.6 is 0 Å². The highest BCUT2D eigenvalue weighted by Gasteiger charge is 2.54. The summed E-state index contributed by atoms with van der Waals surface area (Å²) in [6.45, 7) is 34.9. The molecule has 2 aliphatic carbocycles. The minimum absolute atomic E-state index is 0.149. The maximum atomic E-state index is 8.34. The molecular formula is C111H97B2N3O. The van der Waals surface area contributed by atoms with Crippen LogP contribution in [0.25, 0.3) is 66.8 Å². The maximum Gasteiger partial charge on any atom is 0.256 e. The van der Waals surface area contributed by atoms with Crippen molar-refractivity contribution in [3.63, 3.8) is 0 Å². The van der Waals surface area contributed by atoms with Gasteiger partial charge in [0.05, 0.1) is 11.1 Å². The van der Waals surface area contributed by atoms with Crippen molar-refractivity contribution in [2.75, 3.05) is 14.7 Å². The molecule has 0 aromatic heterocycles. The number of benzene rings is 15. The smallest absolute Gasteiger partial charge is 0.256 e. The summed E-state index contributed by atoms with van der Waals surface area (Å²) < 4.78 is 8.34. The van der Waals surface area contributed by atoms with Crippen LogP contribution in [0.15, 0.2) is 315 Å². The van der Waals surface area contributed by atoms with Gasteiger partial charge in [-0.05, 0) is 238 Å². The van der Waals surface area contributed by atoms with E-state index >= 15 is 0 Å². The SMILES string of the molecule is CC(C)(C)c1cc(N2c3ccccc3B3c4cc5c(cc4Oc4cc(-c6cccc7c6C6(c8ccccc8-c8ccccc86)c6ccccc6-7)cc2c43)N(c2c(-c3ccccc3)cc(C(C)(C)C)cc2-c2ccccc2)c2cc(-c3ccccc3)cc3c2B5c2ccccc2N3c2cc(C(C)(C)C)cc(C(C)(C)C)c2)cc(C(C)(C)C)c1. The average molecular weight is 1510 g/mol. The van der Waals surface area contributed by atoms with Crippen LogP contribution in [0.3, 0.4) is 0 Å². The van der Waals surface area contributed by atoms with E-state index in [-0.39, 0.29) is 40.5 Å². The van der Waals surface area contributed by atoms with E-state index < -0.39 is 5.41 Å². The van der Waals surface area contributed by atoms with Gasteiger partial charge in [-0.2, -0.15) is 0 Å². The molecule has 15 aromatic carbocycles. The standard InChI is InChI=1S/C111H97B2N3O/c1-106(2,3)73-58-74(107(4,5)6)61-78(60-73)114-94-52-33-31-50-90(94)112-92-66-93-100(67-96(92)116(98-55-71(54-97(114)103(98)112)68-36-19-16-20-37-68)105-85(69-38-21-17-22-39-69)64-77(110(13,14)15)65-86(105)70-40-23-18-24-41-70)117-101-57-72(56-99-104(101)113(93)91-51-32-34-53-95(91)115(99)79-62-75(108(7,8)9)59-76(63-79)109(10,11)12)80-45-35-46-84-83-44-27-30-49-89(83)111(102(80)84)87-47-28-25-42-81(87)82-43-26-29-48-88(82)111/h16-67H,1-15H3. The molecule has 568 valence electrons. The Bertz CT molecular complexity index is 6470. The number of hydrogen-bond donors (Lipinski definition) is 0. The zero-order chi connectivity index (χ0) is 80.3. The lowest BCUT2D eigenvalue weighted by Gasteiger charge is -2.46. The minimum atomic E-state index is -0.615. The Morgan fingerprint density at radius 3 is 1.09 bits per heavy atom. The Labute approximate surface area is 692 Å². The van der Waals surface area contributed by atoms with Crippen LogP contribution in [0.5, 0.6) is 11.5 Å². The van der Waals surface area contributed by atoms with Crippen LogP contribution < -0.4 is 52.2 Å². The van der Waals surface area contributed by atoms with Gasteiger partial charge in [0, 0.05) is 62.7 Å². The van der Waals surface area contributed by atoms with Crippen molar-refractivity contribution in [1.82, 2.24) is 0 Å². The fraction of sp³-hybridized carbons (Fsp3) is 0.189. The third-order valence-electron chi connectivity index (χ3n) is 26.4. The molecule has 1 spiro atoms. The van der Waals surface area contributed by atoms with E-state index in [1.807, 2.05) is 0 Å². The Hall–Kier alpha value is -12.4. The fourth-order valence-corrected chi connectivity index (χ4v) is 20.5. The molecule has 117 heavy (non-hydrogen) atoms. The third-order valence-corrected chi connectivity index (χ3v) is 26.4. The third kappa shape index (κ3) is 11.1. The average Bonchev–Trinajstić information content (AvgIpc) is 1.60. The van der Waals surface area contributed by atoms with E-state index in [0.717, 1.165) is 107 Å². The van der Waals surface area contributed by atoms with Crippen LogP contribution in [0.1, 0.15) is 154 Å². The topological polar surface area (TPSA) is 19.0 Å². The fourth-order valence-electron chi connectivity index (χ4n) is 20.5. The molecule has 0 radical (unpaired) electrons. The van der Waals surface area contributed by atoms with Gasteiger partial charge in [-0.15, -0.1) is 0 Å². The van der Waals surface area contributed by atoms with Gasteiger partial charge in [0.25, 0.3) is 13.4 Å². The quantitative estimate of drug-likeness (QED) is 0.148. The molecule has 0 bridgehead atoms. The van der Waals surface area contributed by atoms with E-state index in [1.54, 1.807) is 0 Å². The van der Waals surface area contributed by atoms with Crippen molar-refractivity contribution in [3.8, 4) is 78.3 Å². The molecule has 0 saturated carbocycles. The number of anilines is 9. The predicted molar refractivity (Wildman–Crippen MR) is 498 cm³/mol. The molecule has 0 amide bonds. The maximum absolute atomic E-state index is 8.34. The summed E-state index contributed by atoms with van der Waals surface area (Å²) in [6, 6.07) is 122. The summed E-state index contributed by atoms with van der Waals surface area (Å²) in [5, 5.41) is 0. The number of rotatable bonds is 7. The monoisotopic (exact) mass is 1510 g/mol. The van der Waals surface area contributed by atoms with Crippen molar-refractivity contribution >= 4 is 97.4 Å². The summed E-state index contributed by atoms with van der Waals surface area (Å²) in [4.78, 5) is 7.97. The lowest BCUT2D eigenvalue weighted by molar-refractivity contribution is 0.488. The molecule has 4 heterocycles. The Balaban J connectivity index is 0.895. The van der Waals surface area contributed by atoms with Crippen molar-refractivity contribution in [2.24, 2.45) is 0 Å². The first-order valence-electron chi connectivity index (χ1n) is 42.1. The number of nitrogens with zero attached hydrogens (tertiary/aromatic N) is 3. The van der Waals surface area contributed by atoms with E-state index in [2.05, 4.69) is 434 Å². The van der Waals surface area contributed by atoms with Crippen LogP contribution in [0.2, 0.25) is 0 Å². The molecule has 0 unspecified atom stereocenters. The van der Waals surface area contributed by atoms with Gasteiger partial charge in [0.1, 0.15) is 11.5 Å². The molecule has 0 saturated heterocycles. The van der Waals surface area contributed by atoms with Crippen LogP contribution in [-0.2, 0) is 32.5 Å². The van der Waals surface area contributed by atoms with Gasteiger partial charge < -0.3 is 19.4 Å². The molecule has 15 aromatic rings. The van der Waals surface area contributed by atoms with Gasteiger partial charge in [-0.1, -0.05) is 340 Å². The minimum Gasteiger partial charge on any atom is -0.458 e. The highest BCUT2D eigenvalue weighted by Crippen LogP contribution is 2.65. The van der Waals surface area contributed by atoms with Crippen LogP contribution in [0, 0.1) is 0 Å². The first-order chi connectivity index (χ1) is 56.2. The number of ether oxygens (including phenoxy) is 1. The second-order valence-electron chi connectivity index (χ2n) is 38.8. The summed E-state index contributed by atoms with van der Waals surface area (Å²) in [7, 11) is 0. The largest absolute Gasteiger partial charge is 0.458 e. The molecule has 6 aliphatic rings. The highest BCUT2D eigenvalue weighted by atomic mass is 16.5. The number of hydrogen-bond acceptors (Lipinski definition) is 4. The Morgan fingerprint density at radius 2 is 0.615 bits per heavy atom. The zero-order valence-electron chi connectivity index (χ0n) is 69.9. The first kappa shape index (κ1) is 72.3. The van der Waals surface area contributed by atoms with E-state index in [1.165, 1.54) is 105 Å². The van der Waals surface area contributed by atoms with E-state index in [4.69, 9.17) is 4.74 Å². The molecule has 4 nitrogen and oxygen atoms in total. The zero-order valence-corrected chi connectivity index (χ0v) is 69.9. The van der Waals surface area contributed by atoms with Crippen molar-refractivity contribution < 1.29 is 4.74 Å². The molecule has 21 rings (SSSR count). The van der Waals surface area contributed by atoms with Gasteiger partial charge in [-0.25, -0.2) is 0 Å². The predicted octanol–water partition coefficient (Wildman–Crippen LogP) is 25.7. The second-order valence-corrected chi connectivity index (χ2v) is 38.8. The van der Waals surface area contributed by atoms with Gasteiger partial charge >= 0.3 is 0 Å². The Kier molecular flexibility index (Phi) is 16.0. The normalized spacial score (nSPS) is 14.3. The summed E-state index contributed by atoms with van der Waals surface area (Å²) in [5.41, 5.74) is 41.9. The van der Waals surface area contributed by atoms with Crippen LogP contribution in [-0.4, -0.2) is 13.4 Å². The van der Waals surface area contributed by atoms with Gasteiger partial charge in [0.15, 0.2) is 0 Å². The van der Waals surface area contributed by atoms with Crippen molar-refractivity contribution in [2.45, 2.75) is 136 Å². The number of para-hydroxylation sites is 2. The van der Waals surface area contributed by atoms with Gasteiger partial charge in [-0.3, -0.25) is 0 Å². The lowest BCUT2D eigenvalue weighted by Crippen LogP contribution is -2.64. The molecule has 6 heteroatoms. The highest BCUT2D eigenvalue weighted by molar-refractivity contribution is 7.02. The molecule has 4 aliphatic heterocycles. The molecule has 0 fully saturated rings. The summed E-state index contributed by atoms with van der Waals surface area (Å²) in [6.07, 6.45) is 0. The molecule has 0 N–H and O–H groups in total. The van der Waals surface area contributed by atoms with E-state index in [0.29, 0.717) is 0 Å². The van der Waals surface area contributed by atoms with Crippen molar-refractivity contribution in [3.05, 3.63) is 366 Å². The van der Waals surface area contributed by atoms with E-state index in [9.17, 15) is 0 Å².